The fourth-order valence-corrected chi connectivity index (χ4v) is 2.50. The molecule has 0 spiro atoms. The highest BCUT2D eigenvalue weighted by Gasteiger charge is 2.30. The van der Waals surface area contributed by atoms with Crippen LogP contribution in [0, 0.1) is 0 Å². The summed E-state index contributed by atoms with van der Waals surface area (Å²) >= 11 is 0. The Bertz CT molecular complexity index is 446. The number of nitrogens with two attached hydrogens (primary N) is 1. The Labute approximate surface area is 120 Å². The van der Waals surface area contributed by atoms with Crippen LogP contribution in [-0.2, 0) is 4.74 Å². The summed E-state index contributed by atoms with van der Waals surface area (Å²) in [6, 6.07) is 7.79. The second-order valence-electron chi connectivity index (χ2n) is 5.34. The van der Waals surface area contributed by atoms with Crippen molar-refractivity contribution < 1.29 is 9.53 Å². The molecule has 0 aliphatic carbocycles. The van der Waals surface area contributed by atoms with Gasteiger partial charge in [0.15, 0.2) is 5.78 Å². The zero-order valence-electron chi connectivity index (χ0n) is 12.4. The first-order chi connectivity index (χ1) is 9.60. The summed E-state index contributed by atoms with van der Waals surface area (Å²) in [4.78, 5) is 14.7. The molecule has 0 amide bonds. The Morgan fingerprint density at radius 1 is 1.20 bits per heavy atom. The van der Waals surface area contributed by atoms with Gasteiger partial charge >= 0.3 is 0 Å². The van der Waals surface area contributed by atoms with Crippen molar-refractivity contribution in [1.29, 1.82) is 0 Å². The molecule has 4 nitrogen and oxygen atoms in total. The third kappa shape index (κ3) is 3.02. The van der Waals surface area contributed by atoms with E-state index in [2.05, 4.69) is 4.90 Å². The number of carbonyl (C=O) groups excluding carboxylic acids is 1. The number of hydrogen-bond donors (Lipinski definition) is 1. The van der Waals surface area contributed by atoms with Crippen LogP contribution in [0.5, 0.6) is 0 Å². The van der Waals surface area contributed by atoms with Crippen molar-refractivity contribution >= 4 is 11.5 Å². The molecule has 110 valence electrons. The van der Waals surface area contributed by atoms with Crippen LogP contribution in [0.25, 0.3) is 0 Å². The summed E-state index contributed by atoms with van der Waals surface area (Å²) in [6.07, 6.45) is 1.32. The third-order valence-electron chi connectivity index (χ3n) is 4.22. The van der Waals surface area contributed by atoms with E-state index in [9.17, 15) is 4.79 Å². The maximum atomic E-state index is 12.5. The number of ketones is 1. The molecule has 0 bridgehead atoms. The smallest absolute Gasteiger partial charge is 0.182 e. The van der Waals surface area contributed by atoms with Crippen LogP contribution in [0.2, 0.25) is 0 Å². The number of morpholine rings is 1. The largest absolute Gasteiger partial charge is 0.378 e. The van der Waals surface area contributed by atoms with Gasteiger partial charge in [-0.05, 0) is 37.1 Å². The summed E-state index contributed by atoms with van der Waals surface area (Å²) in [5.41, 5.74) is 7.28. The Hall–Kier alpha value is -1.39. The van der Waals surface area contributed by atoms with Crippen LogP contribution in [-0.4, -0.2) is 37.6 Å². The fraction of sp³-hybridized carbons (Fsp3) is 0.562. The Morgan fingerprint density at radius 3 is 2.25 bits per heavy atom. The molecule has 2 N–H and O–H groups in total. The zero-order valence-corrected chi connectivity index (χ0v) is 12.4. The molecular weight excluding hydrogens is 252 g/mol. The Balaban J connectivity index is 2.13. The Kier molecular flexibility index (Phi) is 4.78. The number of rotatable bonds is 5. The average Bonchev–Trinajstić information content (AvgIpc) is 2.54. The summed E-state index contributed by atoms with van der Waals surface area (Å²) < 4.78 is 5.34. The molecular formula is C16H24N2O2. The summed E-state index contributed by atoms with van der Waals surface area (Å²) in [5, 5.41) is 0. The first-order valence-electron chi connectivity index (χ1n) is 7.37. The van der Waals surface area contributed by atoms with E-state index in [1.807, 2.05) is 38.1 Å². The molecule has 4 heteroatoms. The summed E-state index contributed by atoms with van der Waals surface area (Å²) in [6.45, 7) is 7.25. The highest BCUT2D eigenvalue weighted by atomic mass is 16.5. The highest BCUT2D eigenvalue weighted by molar-refractivity contribution is 6.03. The Morgan fingerprint density at radius 2 is 1.75 bits per heavy atom. The molecule has 1 saturated heterocycles. The van der Waals surface area contributed by atoms with Gasteiger partial charge in [0, 0.05) is 24.3 Å². The minimum absolute atomic E-state index is 0.0380. The van der Waals surface area contributed by atoms with Crippen molar-refractivity contribution in [2.75, 3.05) is 31.2 Å². The van der Waals surface area contributed by atoms with Crippen molar-refractivity contribution in [3.8, 4) is 0 Å². The molecule has 1 fully saturated rings. The van der Waals surface area contributed by atoms with E-state index in [1.54, 1.807) is 0 Å². The van der Waals surface area contributed by atoms with Gasteiger partial charge in [-0.3, -0.25) is 4.79 Å². The van der Waals surface area contributed by atoms with Gasteiger partial charge in [-0.15, -0.1) is 0 Å². The molecule has 0 saturated carbocycles. The van der Waals surface area contributed by atoms with Gasteiger partial charge in [-0.2, -0.15) is 0 Å². The van der Waals surface area contributed by atoms with E-state index in [0.29, 0.717) is 18.4 Å². The minimum atomic E-state index is -0.736. The number of nitrogens with zero attached hydrogens (tertiary/aromatic N) is 1. The van der Waals surface area contributed by atoms with E-state index in [-0.39, 0.29) is 5.78 Å². The van der Waals surface area contributed by atoms with E-state index >= 15 is 0 Å². The standard InChI is InChI=1S/C16H24N2O2/c1-3-16(17,4-2)15(19)13-5-7-14(8-6-13)18-9-11-20-12-10-18/h5-8H,3-4,9-12,17H2,1-2H3. The van der Waals surface area contributed by atoms with E-state index in [0.717, 1.165) is 32.0 Å². The van der Waals surface area contributed by atoms with Gasteiger partial charge in [0.1, 0.15) is 0 Å². The summed E-state index contributed by atoms with van der Waals surface area (Å²) in [5.74, 6) is 0.0380. The minimum Gasteiger partial charge on any atom is -0.378 e. The van der Waals surface area contributed by atoms with Crippen molar-refractivity contribution in [3.63, 3.8) is 0 Å². The molecule has 2 rings (SSSR count). The van der Waals surface area contributed by atoms with Crippen LogP contribution in [0.15, 0.2) is 24.3 Å². The monoisotopic (exact) mass is 276 g/mol. The fourth-order valence-electron chi connectivity index (χ4n) is 2.50. The van der Waals surface area contributed by atoms with Crippen molar-refractivity contribution in [2.24, 2.45) is 5.73 Å². The lowest BCUT2D eigenvalue weighted by Crippen LogP contribution is -2.46. The van der Waals surface area contributed by atoms with Crippen molar-refractivity contribution in [2.45, 2.75) is 32.2 Å². The first kappa shape index (κ1) is 15.0. The lowest BCUT2D eigenvalue weighted by molar-refractivity contribution is 0.0879. The van der Waals surface area contributed by atoms with Gasteiger partial charge in [-0.1, -0.05) is 13.8 Å². The molecule has 0 atom stereocenters. The number of ether oxygens (including phenoxy) is 1. The second kappa shape index (κ2) is 6.37. The van der Waals surface area contributed by atoms with Gasteiger partial charge in [0.25, 0.3) is 0 Å². The topological polar surface area (TPSA) is 55.6 Å². The highest BCUT2D eigenvalue weighted by Crippen LogP contribution is 2.22. The maximum Gasteiger partial charge on any atom is 0.182 e. The number of carbonyl (C=O) groups is 1. The molecule has 0 unspecified atom stereocenters. The van der Waals surface area contributed by atoms with Gasteiger partial charge in [0.05, 0.1) is 18.8 Å². The molecule has 0 aromatic heterocycles. The lowest BCUT2D eigenvalue weighted by Gasteiger charge is -2.29. The SMILES string of the molecule is CCC(N)(CC)C(=O)c1ccc(N2CCOCC2)cc1. The molecule has 20 heavy (non-hydrogen) atoms. The first-order valence-corrected chi connectivity index (χ1v) is 7.37. The normalized spacial score (nSPS) is 16.2. The number of hydrogen-bond acceptors (Lipinski definition) is 4. The quantitative estimate of drug-likeness (QED) is 0.838. The average molecular weight is 276 g/mol. The second-order valence-corrected chi connectivity index (χ2v) is 5.34. The number of Topliss-reactive ketones (excluding diaryl/α,β-unsaturated/α-hetero) is 1. The molecule has 1 heterocycles. The van der Waals surface area contributed by atoms with E-state index in [1.165, 1.54) is 0 Å². The van der Waals surface area contributed by atoms with Crippen molar-refractivity contribution in [3.05, 3.63) is 29.8 Å². The maximum absolute atomic E-state index is 12.5. The van der Waals surface area contributed by atoms with Gasteiger partial charge in [0.2, 0.25) is 0 Å². The lowest BCUT2D eigenvalue weighted by atomic mass is 9.85. The van der Waals surface area contributed by atoms with E-state index < -0.39 is 5.54 Å². The predicted molar refractivity (Wildman–Crippen MR) is 81.3 cm³/mol. The molecule has 1 aromatic carbocycles. The molecule has 1 aliphatic rings. The van der Waals surface area contributed by atoms with Crippen LogP contribution in [0.3, 0.4) is 0 Å². The van der Waals surface area contributed by atoms with Crippen LogP contribution >= 0.6 is 0 Å². The molecule has 1 aliphatic heterocycles. The van der Waals surface area contributed by atoms with Crippen LogP contribution < -0.4 is 10.6 Å². The van der Waals surface area contributed by atoms with Gasteiger partial charge in [-0.25, -0.2) is 0 Å². The molecule has 1 aromatic rings. The van der Waals surface area contributed by atoms with E-state index in [4.69, 9.17) is 10.5 Å². The molecule has 0 radical (unpaired) electrons. The number of benzene rings is 1. The van der Waals surface area contributed by atoms with Crippen LogP contribution in [0.1, 0.15) is 37.0 Å². The third-order valence-corrected chi connectivity index (χ3v) is 4.22. The summed E-state index contributed by atoms with van der Waals surface area (Å²) in [7, 11) is 0. The zero-order chi connectivity index (χ0) is 14.6. The predicted octanol–water partition coefficient (Wildman–Crippen LogP) is 2.22. The van der Waals surface area contributed by atoms with Gasteiger partial charge < -0.3 is 15.4 Å². The number of anilines is 1. The van der Waals surface area contributed by atoms with Crippen molar-refractivity contribution in [1.82, 2.24) is 0 Å². The van der Waals surface area contributed by atoms with Crippen LogP contribution in [0.4, 0.5) is 5.69 Å².